The minimum Gasteiger partial charge on any atom is -0.395 e. The number of hydrogen-bond donors (Lipinski definition) is 1. The van der Waals surface area contributed by atoms with Crippen molar-refractivity contribution in [2.24, 2.45) is 0 Å². The molecule has 2 aromatic rings. The summed E-state index contributed by atoms with van der Waals surface area (Å²) in [6.45, 7) is 2.09. The second-order valence-electron chi connectivity index (χ2n) is 4.75. The third-order valence-electron chi connectivity index (χ3n) is 3.28. The zero-order chi connectivity index (χ0) is 15.0. The van der Waals surface area contributed by atoms with E-state index in [1.165, 1.54) is 6.07 Å². The van der Waals surface area contributed by atoms with Gasteiger partial charge in [0.05, 0.1) is 6.54 Å². The molecule has 21 heavy (non-hydrogen) atoms. The van der Waals surface area contributed by atoms with Crippen molar-refractivity contribution in [1.82, 2.24) is 9.55 Å². The Hall–Kier alpha value is -2.15. The van der Waals surface area contributed by atoms with Crippen LogP contribution in [0.2, 0.25) is 0 Å². The fraction of sp³-hybridized carbons (Fsp3) is 0.357. The maximum atomic E-state index is 13.2. The van der Waals surface area contributed by atoms with E-state index in [9.17, 15) is 13.9 Å². The number of aliphatic hydroxyl groups is 1. The van der Waals surface area contributed by atoms with Crippen LogP contribution in [0, 0.1) is 0 Å². The number of ether oxygens (including phenoxy) is 2. The van der Waals surface area contributed by atoms with Gasteiger partial charge in [-0.25, -0.2) is 4.98 Å². The molecule has 0 amide bonds. The second kappa shape index (κ2) is 5.00. The van der Waals surface area contributed by atoms with Crippen LogP contribution in [0.1, 0.15) is 30.8 Å². The predicted octanol–water partition coefficient (Wildman–Crippen LogP) is 2.70. The van der Waals surface area contributed by atoms with Gasteiger partial charge < -0.3 is 19.1 Å². The fourth-order valence-corrected chi connectivity index (χ4v) is 2.27. The summed E-state index contributed by atoms with van der Waals surface area (Å²) in [6, 6.07) is 4.72. The molecule has 7 heteroatoms. The molecule has 1 aliphatic heterocycles. The summed E-state index contributed by atoms with van der Waals surface area (Å²) in [5, 5.41) is 9.89. The van der Waals surface area contributed by atoms with Gasteiger partial charge in [-0.1, -0.05) is 19.1 Å². The predicted molar refractivity (Wildman–Crippen MR) is 69.2 cm³/mol. The number of nitrogens with zero attached hydrogens (tertiary/aromatic N) is 2. The lowest BCUT2D eigenvalue weighted by Crippen LogP contribution is -2.26. The first-order valence-electron chi connectivity index (χ1n) is 6.57. The van der Waals surface area contributed by atoms with Crippen LogP contribution in [0.5, 0.6) is 11.5 Å². The van der Waals surface area contributed by atoms with Crippen LogP contribution in [0.4, 0.5) is 8.78 Å². The number of benzene rings is 1. The fourth-order valence-electron chi connectivity index (χ4n) is 2.27. The molecule has 1 unspecified atom stereocenters. The van der Waals surface area contributed by atoms with Crippen molar-refractivity contribution in [3.63, 3.8) is 0 Å². The van der Waals surface area contributed by atoms with Gasteiger partial charge in [0.2, 0.25) is 0 Å². The first-order valence-corrected chi connectivity index (χ1v) is 6.57. The molecular weight excluding hydrogens is 282 g/mol. The molecule has 0 saturated carbocycles. The van der Waals surface area contributed by atoms with E-state index in [0.717, 1.165) is 0 Å². The Morgan fingerprint density at radius 3 is 2.95 bits per heavy atom. The molecule has 0 bridgehead atoms. The largest absolute Gasteiger partial charge is 0.586 e. The highest BCUT2D eigenvalue weighted by atomic mass is 19.3. The number of alkyl halides is 2. The van der Waals surface area contributed by atoms with Gasteiger partial charge in [-0.2, -0.15) is 0 Å². The Balaban J connectivity index is 1.91. The number of fused-ring (bicyclic) bond motifs is 1. The molecule has 112 valence electrons. The summed E-state index contributed by atoms with van der Waals surface area (Å²) >= 11 is 0. The Bertz CT molecular complexity index is 657. The molecule has 1 N–H and O–H groups in total. The van der Waals surface area contributed by atoms with Gasteiger partial charge in [0.15, 0.2) is 11.5 Å². The van der Waals surface area contributed by atoms with E-state index in [1.54, 1.807) is 29.1 Å². The van der Waals surface area contributed by atoms with Gasteiger partial charge in [0, 0.05) is 18.0 Å². The summed E-state index contributed by atoms with van der Waals surface area (Å²) in [4.78, 5) is 4.10. The van der Waals surface area contributed by atoms with E-state index in [0.29, 0.717) is 17.8 Å². The minimum atomic E-state index is -3.64. The first-order chi connectivity index (χ1) is 10.00. The lowest BCUT2D eigenvalue weighted by molar-refractivity contribution is -0.286. The summed E-state index contributed by atoms with van der Waals surface area (Å²) in [5.74, 6) is 0.518. The number of para-hydroxylation sites is 1. The molecule has 1 aromatic heterocycles. The van der Waals surface area contributed by atoms with Crippen LogP contribution in [-0.2, 0) is 6.54 Å². The maximum absolute atomic E-state index is 13.2. The minimum absolute atomic E-state index is 0.00945. The van der Waals surface area contributed by atoms with E-state index < -0.39 is 12.4 Å². The van der Waals surface area contributed by atoms with Gasteiger partial charge in [-0.3, -0.25) is 0 Å². The Kier molecular flexibility index (Phi) is 3.29. The second-order valence-corrected chi connectivity index (χ2v) is 4.75. The van der Waals surface area contributed by atoms with E-state index in [1.807, 2.05) is 6.92 Å². The van der Waals surface area contributed by atoms with Crippen molar-refractivity contribution >= 4 is 0 Å². The third-order valence-corrected chi connectivity index (χ3v) is 3.28. The third kappa shape index (κ3) is 2.56. The normalized spacial score (nSPS) is 17.0. The molecule has 1 atom stereocenters. The number of halogens is 2. The van der Waals surface area contributed by atoms with Crippen molar-refractivity contribution < 1.29 is 23.4 Å². The zero-order valence-electron chi connectivity index (χ0n) is 11.3. The Labute approximate surface area is 119 Å². The molecule has 3 rings (SSSR count). The molecule has 1 aliphatic rings. The van der Waals surface area contributed by atoms with Gasteiger partial charge in [-0.05, 0) is 12.5 Å². The van der Waals surface area contributed by atoms with Crippen molar-refractivity contribution in [2.45, 2.75) is 32.3 Å². The maximum Gasteiger partial charge on any atom is 0.586 e. The molecule has 0 radical (unpaired) electrons. The zero-order valence-corrected chi connectivity index (χ0v) is 11.3. The van der Waals surface area contributed by atoms with Crippen LogP contribution >= 0.6 is 0 Å². The molecule has 2 heterocycles. The SMILES string of the molecule is CCC(O)c1nccn1Cc1cccc2c1OC(F)(F)O2. The van der Waals surface area contributed by atoms with Gasteiger partial charge in [0.25, 0.3) is 0 Å². The number of imidazole rings is 1. The summed E-state index contributed by atoms with van der Waals surface area (Å²) in [6.07, 6.45) is -0.582. The van der Waals surface area contributed by atoms with Crippen LogP contribution in [0.3, 0.4) is 0 Å². The van der Waals surface area contributed by atoms with Crippen molar-refractivity contribution in [3.05, 3.63) is 42.0 Å². The Morgan fingerprint density at radius 2 is 2.19 bits per heavy atom. The monoisotopic (exact) mass is 296 g/mol. The Morgan fingerprint density at radius 1 is 1.38 bits per heavy atom. The highest BCUT2D eigenvalue weighted by molar-refractivity contribution is 5.48. The van der Waals surface area contributed by atoms with Gasteiger partial charge in [-0.15, -0.1) is 8.78 Å². The van der Waals surface area contributed by atoms with Crippen LogP contribution in [0.25, 0.3) is 0 Å². The van der Waals surface area contributed by atoms with Crippen molar-refractivity contribution in [2.75, 3.05) is 0 Å². The average molecular weight is 296 g/mol. The molecule has 5 nitrogen and oxygen atoms in total. The summed E-state index contributed by atoms with van der Waals surface area (Å²) < 4.78 is 37.0. The topological polar surface area (TPSA) is 56.5 Å². The number of hydrogen-bond acceptors (Lipinski definition) is 4. The lowest BCUT2D eigenvalue weighted by Gasteiger charge is -2.13. The molecule has 0 fully saturated rings. The molecule has 0 aliphatic carbocycles. The van der Waals surface area contributed by atoms with Crippen molar-refractivity contribution in [3.8, 4) is 11.5 Å². The molecule has 1 aromatic carbocycles. The lowest BCUT2D eigenvalue weighted by atomic mass is 10.1. The average Bonchev–Trinajstić information content (AvgIpc) is 3.01. The smallest absolute Gasteiger partial charge is 0.395 e. The first kappa shape index (κ1) is 13.8. The molecule has 0 saturated heterocycles. The highest BCUT2D eigenvalue weighted by Gasteiger charge is 2.44. The van der Waals surface area contributed by atoms with Gasteiger partial charge in [0.1, 0.15) is 11.9 Å². The van der Waals surface area contributed by atoms with E-state index in [-0.39, 0.29) is 18.0 Å². The van der Waals surface area contributed by atoms with Crippen LogP contribution in [0.15, 0.2) is 30.6 Å². The quantitative estimate of drug-likeness (QED) is 0.942. The summed E-state index contributed by atoms with van der Waals surface area (Å²) in [5.41, 5.74) is 0.534. The van der Waals surface area contributed by atoms with E-state index >= 15 is 0 Å². The molecule has 0 spiro atoms. The summed E-state index contributed by atoms with van der Waals surface area (Å²) in [7, 11) is 0. The van der Waals surface area contributed by atoms with Crippen LogP contribution < -0.4 is 9.47 Å². The highest BCUT2D eigenvalue weighted by Crippen LogP contribution is 2.43. The van der Waals surface area contributed by atoms with Crippen LogP contribution in [-0.4, -0.2) is 21.0 Å². The van der Waals surface area contributed by atoms with E-state index in [2.05, 4.69) is 14.5 Å². The van der Waals surface area contributed by atoms with Gasteiger partial charge >= 0.3 is 6.29 Å². The number of aromatic nitrogens is 2. The van der Waals surface area contributed by atoms with E-state index in [4.69, 9.17) is 0 Å². The number of aliphatic hydroxyl groups excluding tert-OH is 1. The molecular formula is C14H14F2N2O3. The standard InChI is InChI=1S/C14H14F2N2O3/c1-2-10(19)13-17-6-7-18(13)8-9-4-3-5-11-12(9)21-14(15,16)20-11/h3-7,10,19H,2,8H2,1H3. The number of rotatable bonds is 4. The van der Waals surface area contributed by atoms with Crippen molar-refractivity contribution in [1.29, 1.82) is 0 Å².